The molecule has 0 spiro atoms. The lowest BCUT2D eigenvalue weighted by Crippen LogP contribution is -2.42. The van der Waals surface area contributed by atoms with E-state index in [1.165, 1.54) is 11.3 Å². The highest BCUT2D eigenvalue weighted by molar-refractivity contribution is 7.16. The SMILES string of the molecule is CCC(C)NC(=O)CN1CCc2c(sc(N)c2C(N)=O)C1. The number of nitrogen functional groups attached to an aromatic ring is 1. The van der Waals surface area contributed by atoms with Crippen molar-refractivity contribution in [2.24, 2.45) is 5.73 Å². The van der Waals surface area contributed by atoms with Crippen LogP contribution < -0.4 is 16.8 Å². The number of hydrogen-bond acceptors (Lipinski definition) is 5. The van der Waals surface area contributed by atoms with E-state index in [0.29, 0.717) is 30.1 Å². The van der Waals surface area contributed by atoms with E-state index in [4.69, 9.17) is 11.5 Å². The second-order valence-electron chi connectivity index (χ2n) is 5.44. The van der Waals surface area contributed by atoms with Gasteiger partial charge in [-0.3, -0.25) is 14.5 Å². The maximum Gasteiger partial charge on any atom is 0.251 e. The van der Waals surface area contributed by atoms with E-state index in [2.05, 4.69) is 10.2 Å². The summed E-state index contributed by atoms with van der Waals surface area (Å²) >= 11 is 1.40. The maximum atomic E-state index is 11.9. The molecule has 2 amide bonds. The fourth-order valence-electron chi connectivity index (χ4n) is 2.51. The second-order valence-corrected chi connectivity index (χ2v) is 6.58. The van der Waals surface area contributed by atoms with Crippen LogP contribution in [0.25, 0.3) is 0 Å². The summed E-state index contributed by atoms with van der Waals surface area (Å²) < 4.78 is 0. The van der Waals surface area contributed by atoms with Crippen LogP contribution in [-0.2, 0) is 17.8 Å². The molecule has 0 bridgehead atoms. The molecular weight excluding hydrogens is 288 g/mol. The zero-order chi connectivity index (χ0) is 15.6. The average molecular weight is 310 g/mol. The molecule has 2 heterocycles. The van der Waals surface area contributed by atoms with Gasteiger partial charge in [0.15, 0.2) is 0 Å². The fraction of sp³-hybridized carbons (Fsp3) is 0.571. The van der Waals surface area contributed by atoms with Crippen molar-refractivity contribution >= 4 is 28.2 Å². The lowest BCUT2D eigenvalue weighted by atomic mass is 10.0. The Bertz CT molecular complexity index is 555. The second kappa shape index (κ2) is 6.44. The van der Waals surface area contributed by atoms with Crippen LogP contribution in [-0.4, -0.2) is 35.8 Å². The van der Waals surface area contributed by atoms with Crippen LogP contribution in [0.2, 0.25) is 0 Å². The van der Waals surface area contributed by atoms with Crippen molar-refractivity contribution in [3.8, 4) is 0 Å². The average Bonchev–Trinajstić information content (AvgIpc) is 2.73. The summed E-state index contributed by atoms with van der Waals surface area (Å²) in [4.78, 5) is 26.5. The van der Waals surface area contributed by atoms with Crippen LogP contribution in [0.3, 0.4) is 0 Å². The van der Waals surface area contributed by atoms with Crippen LogP contribution >= 0.6 is 11.3 Å². The summed E-state index contributed by atoms with van der Waals surface area (Å²) in [6.45, 7) is 5.78. The third kappa shape index (κ3) is 3.54. The first-order valence-corrected chi connectivity index (χ1v) is 7.95. The van der Waals surface area contributed by atoms with E-state index in [-0.39, 0.29) is 11.9 Å². The van der Waals surface area contributed by atoms with E-state index < -0.39 is 5.91 Å². The number of nitrogens with one attached hydrogen (secondary N) is 1. The van der Waals surface area contributed by atoms with Crippen molar-refractivity contribution in [3.63, 3.8) is 0 Å². The third-order valence-electron chi connectivity index (χ3n) is 3.80. The van der Waals surface area contributed by atoms with Crippen molar-refractivity contribution < 1.29 is 9.59 Å². The lowest BCUT2D eigenvalue weighted by Gasteiger charge is -2.26. The Morgan fingerprint density at radius 1 is 1.48 bits per heavy atom. The predicted molar refractivity (Wildman–Crippen MR) is 84.1 cm³/mol. The molecule has 0 fully saturated rings. The summed E-state index contributed by atoms with van der Waals surface area (Å²) in [5, 5.41) is 3.44. The number of fused-ring (bicyclic) bond motifs is 1. The van der Waals surface area contributed by atoms with Crippen molar-refractivity contribution in [2.45, 2.75) is 39.3 Å². The van der Waals surface area contributed by atoms with Gasteiger partial charge in [-0.25, -0.2) is 0 Å². The van der Waals surface area contributed by atoms with Gasteiger partial charge in [-0.2, -0.15) is 0 Å². The first-order valence-electron chi connectivity index (χ1n) is 7.13. The zero-order valence-corrected chi connectivity index (χ0v) is 13.3. The number of thiophene rings is 1. The Morgan fingerprint density at radius 3 is 2.81 bits per heavy atom. The van der Waals surface area contributed by atoms with Gasteiger partial charge in [-0.1, -0.05) is 6.92 Å². The maximum absolute atomic E-state index is 11.9. The highest BCUT2D eigenvalue weighted by Crippen LogP contribution is 2.34. The number of rotatable bonds is 5. The molecule has 21 heavy (non-hydrogen) atoms. The zero-order valence-electron chi connectivity index (χ0n) is 12.4. The number of anilines is 1. The Balaban J connectivity index is 2.02. The first-order chi connectivity index (χ1) is 9.92. The van der Waals surface area contributed by atoms with Gasteiger partial charge in [0.25, 0.3) is 5.91 Å². The molecule has 1 unspecified atom stereocenters. The molecule has 1 aliphatic rings. The molecule has 0 aliphatic carbocycles. The monoisotopic (exact) mass is 310 g/mol. The molecule has 116 valence electrons. The number of carbonyl (C=O) groups excluding carboxylic acids is 2. The van der Waals surface area contributed by atoms with Gasteiger partial charge in [0.2, 0.25) is 5.91 Å². The molecule has 1 aliphatic heterocycles. The Hall–Kier alpha value is -1.60. The minimum Gasteiger partial charge on any atom is -0.390 e. The quantitative estimate of drug-likeness (QED) is 0.745. The van der Waals surface area contributed by atoms with E-state index in [1.54, 1.807) is 0 Å². The number of primary amides is 1. The number of carbonyl (C=O) groups is 2. The smallest absolute Gasteiger partial charge is 0.251 e. The van der Waals surface area contributed by atoms with E-state index in [0.717, 1.165) is 23.4 Å². The summed E-state index contributed by atoms with van der Waals surface area (Å²) in [7, 11) is 0. The van der Waals surface area contributed by atoms with Crippen molar-refractivity contribution in [1.82, 2.24) is 10.2 Å². The molecule has 7 heteroatoms. The summed E-state index contributed by atoms with van der Waals surface area (Å²) in [6.07, 6.45) is 1.62. The topological polar surface area (TPSA) is 101 Å². The van der Waals surface area contributed by atoms with Crippen LogP contribution in [0.5, 0.6) is 0 Å². The Kier molecular flexibility index (Phi) is 4.84. The van der Waals surface area contributed by atoms with Crippen LogP contribution in [0.1, 0.15) is 41.1 Å². The number of nitrogens with zero attached hydrogens (tertiary/aromatic N) is 1. The largest absolute Gasteiger partial charge is 0.390 e. The lowest BCUT2D eigenvalue weighted by molar-refractivity contribution is -0.123. The van der Waals surface area contributed by atoms with Crippen molar-refractivity contribution in [3.05, 3.63) is 16.0 Å². The van der Waals surface area contributed by atoms with Crippen molar-refractivity contribution in [2.75, 3.05) is 18.8 Å². The van der Waals surface area contributed by atoms with Gasteiger partial charge < -0.3 is 16.8 Å². The molecule has 0 aromatic carbocycles. The highest BCUT2D eigenvalue weighted by atomic mass is 32.1. The van der Waals surface area contributed by atoms with E-state index in [1.807, 2.05) is 13.8 Å². The summed E-state index contributed by atoms with van der Waals surface area (Å²) in [5.41, 5.74) is 12.7. The van der Waals surface area contributed by atoms with Crippen molar-refractivity contribution in [1.29, 1.82) is 0 Å². The van der Waals surface area contributed by atoms with Gasteiger partial charge in [-0.05, 0) is 25.3 Å². The third-order valence-corrected chi connectivity index (χ3v) is 4.84. The van der Waals surface area contributed by atoms with Gasteiger partial charge in [0.05, 0.1) is 17.1 Å². The van der Waals surface area contributed by atoms with E-state index >= 15 is 0 Å². The molecule has 0 saturated heterocycles. The molecular formula is C14H22N4O2S. The Labute approximate surface area is 128 Å². The minimum atomic E-state index is -0.465. The summed E-state index contributed by atoms with van der Waals surface area (Å²) in [6, 6.07) is 0.191. The highest BCUT2D eigenvalue weighted by Gasteiger charge is 2.26. The predicted octanol–water partition coefficient (Wildman–Crippen LogP) is 0.702. The molecule has 2 rings (SSSR count). The molecule has 5 N–H and O–H groups in total. The molecule has 0 saturated carbocycles. The van der Waals surface area contributed by atoms with Crippen LogP contribution in [0.4, 0.5) is 5.00 Å². The van der Waals surface area contributed by atoms with Gasteiger partial charge >= 0.3 is 0 Å². The molecule has 0 radical (unpaired) electrons. The molecule has 1 atom stereocenters. The number of hydrogen-bond donors (Lipinski definition) is 3. The first kappa shape index (κ1) is 15.8. The molecule has 6 nitrogen and oxygen atoms in total. The molecule has 1 aromatic rings. The van der Waals surface area contributed by atoms with E-state index in [9.17, 15) is 9.59 Å². The minimum absolute atomic E-state index is 0.0347. The molecule has 1 aromatic heterocycles. The van der Waals surface area contributed by atoms with Gasteiger partial charge in [0.1, 0.15) is 0 Å². The van der Waals surface area contributed by atoms with Crippen LogP contribution in [0.15, 0.2) is 0 Å². The summed E-state index contributed by atoms with van der Waals surface area (Å²) in [5.74, 6) is -0.430. The standard InChI is InChI=1S/C14H22N4O2S/c1-3-8(2)17-11(19)7-18-5-4-9-10(6-18)21-14(16)12(9)13(15)20/h8H,3-7,16H2,1-2H3,(H2,15,20)(H,17,19). The van der Waals surface area contributed by atoms with Gasteiger partial charge in [0, 0.05) is 24.0 Å². The Morgan fingerprint density at radius 2 is 2.19 bits per heavy atom. The number of nitrogens with two attached hydrogens (primary N) is 2. The number of amides is 2. The normalized spacial score (nSPS) is 16.3. The van der Waals surface area contributed by atoms with Gasteiger partial charge in [-0.15, -0.1) is 11.3 Å². The van der Waals surface area contributed by atoms with Crippen LogP contribution in [0, 0.1) is 0 Å². The fourth-order valence-corrected chi connectivity index (χ4v) is 3.67.